The molecule has 5 rings (SSSR count). The van der Waals surface area contributed by atoms with Gasteiger partial charge in [0, 0.05) is 39.6 Å². The fourth-order valence-electron chi connectivity index (χ4n) is 4.30. The molecule has 6 nitrogen and oxygen atoms in total. The van der Waals surface area contributed by atoms with Gasteiger partial charge in [-0.05, 0) is 23.8 Å². The number of fused-ring (bicyclic) bond motifs is 2. The normalized spacial score (nSPS) is 16.8. The van der Waals surface area contributed by atoms with E-state index in [2.05, 4.69) is 33.7 Å². The molecule has 1 fully saturated rings. The maximum atomic E-state index is 13.2. The molecule has 0 unspecified atom stereocenters. The Hall–Kier alpha value is -2.86. The van der Waals surface area contributed by atoms with Gasteiger partial charge in [0.1, 0.15) is 5.82 Å². The topological polar surface area (TPSA) is 50.6 Å². The van der Waals surface area contributed by atoms with Crippen molar-refractivity contribution in [3.8, 4) is 0 Å². The Bertz CT molecular complexity index is 1040. The lowest BCUT2D eigenvalue weighted by atomic mass is 10.1. The summed E-state index contributed by atoms with van der Waals surface area (Å²) in [5, 5.41) is 0. The number of ether oxygens (including phenoxy) is 1. The highest BCUT2D eigenvalue weighted by atomic mass is 16.5. The van der Waals surface area contributed by atoms with E-state index < -0.39 is 0 Å². The molecule has 2 aliphatic rings. The third-order valence-electron chi connectivity index (χ3n) is 5.83. The lowest BCUT2D eigenvalue weighted by molar-refractivity contribution is 0.0779. The highest BCUT2D eigenvalue weighted by molar-refractivity contribution is 6.03. The quantitative estimate of drug-likeness (QED) is 0.702. The van der Waals surface area contributed by atoms with Crippen LogP contribution in [0.3, 0.4) is 0 Å². The van der Waals surface area contributed by atoms with Gasteiger partial charge < -0.3 is 19.1 Å². The molecular weight excluding hydrogens is 352 g/mol. The minimum atomic E-state index is 0.135. The molecular formula is C22H24N4O2. The number of rotatable bonds is 4. The lowest BCUT2D eigenvalue weighted by Crippen LogP contribution is -2.37. The second kappa shape index (κ2) is 6.95. The first-order valence-corrected chi connectivity index (χ1v) is 9.86. The number of carbonyl (C=O) groups is 1. The first-order valence-electron chi connectivity index (χ1n) is 9.86. The Morgan fingerprint density at radius 3 is 2.71 bits per heavy atom. The van der Waals surface area contributed by atoms with Gasteiger partial charge in [-0.1, -0.05) is 24.3 Å². The maximum absolute atomic E-state index is 13.2. The molecule has 2 aliphatic heterocycles. The van der Waals surface area contributed by atoms with Crippen molar-refractivity contribution in [2.75, 3.05) is 37.7 Å². The predicted molar refractivity (Wildman–Crippen MR) is 109 cm³/mol. The fraction of sp³-hybridized carbons (Fsp3) is 0.364. The van der Waals surface area contributed by atoms with E-state index in [1.54, 1.807) is 0 Å². The number of hydrogen-bond acceptors (Lipinski definition) is 4. The number of morpholine rings is 1. The molecule has 1 aromatic heterocycles. The molecule has 3 heterocycles. The van der Waals surface area contributed by atoms with Gasteiger partial charge in [-0.15, -0.1) is 0 Å². The van der Waals surface area contributed by atoms with Crippen molar-refractivity contribution in [3.05, 3.63) is 59.4 Å². The lowest BCUT2D eigenvalue weighted by Gasteiger charge is -2.30. The van der Waals surface area contributed by atoms with Gasteiger partial charge in [0.15, 0.2) is 0 Å². The fourth-order valence-corrected chi connectivity index (χ4v) is 4.30. The average molecular weight is 376 g/mol. The third kappa shape index (κ3) is 2.85. The van der Waals surface area contributed by atoms with Gasteiger partial charge in [0.05, 0.1) is 35.5 Å². The van der Waals surface area contributed by atoms with Crippen molar-refractivity contribution in [1.29, 1.82) is 0 Å². The zero-order valence-corrected chi connectivity index (χ0v) is 16.1. The monoisotopic (exact) mass is 376 g/mol. The summed E-state index contributed by atoms with van der Waals surface area (Å²) in [5.41, 5.74) is 5.18. The van der Waals surface area contributed by atoms with E-state index in [0.29, 0.717) is 26.3 Å². The average Bonchev–Trinajstić information content (AvgIpc) is 3.24. The van der Waals surface area contributed by atoms with Gasteiger partial charge >= 0.3 is 0 Å². The van der Waals surface area contributed by atoms with E-state index >= 15 is 0 Å². The molecule has 0 bridgehead atoms. The van der Waals surface area contributed by atoms with Gasteiger partial charge in [0.2, 0.25) is 0 Å². The number of nitrogens with zero attached hydrogens (tertiary/aromatic N) is 4. The second-order valence-corrected chi connectivity index (χ2v) is 7.46. The number of imidazole rings is 1. The van der Waals surface area contributed by atoms with Crippen LogP contribution in [0, 0.1) is 0 Å². The van der Waals surface area contributed by atoms with Gasteiger partial charge in [-0.3, -0.25) is 4.79 Å². The minimum Gasteiger partial charge on any atom is -0.378 e. The van der Waals surface area contributed by atoms with Crippen LogP contribution < -0.4 is 4.90 Å². The summed E-state index contributed by atoms with van der Waals surface area (Å²) in [6.45, 7) is 4.46. The van der Waals surface area contributed by atoms with Crippen LogP contribution in [0.4, 0.5) is 5.69 Å². The number of aryl methyl sites for hydroxylation is 1. The zero-order chi connectivity index (χ0) is 19.1. The molecule has 6 heteroatoms. The number of anilines is 1. The van der Waals surface area contributed by atoms with Crippen LogP contribution in [0.15, 0.2) is 42.5 Å². The van der Waals surface area contributed by atoms with Crippen molar-refractivity contribution in [1.82, 2.24) is 14.5 Å². The molecule has 1 saturated heterocycles. The van der Waals surface area contributed by atoms with E-state index in [4.69, 9.17) is 9.72 Å². The summed E-state index contributed by atoms with van der Waals surface area (Å²) in [7, 11) is 2.04. The van der Waals surface area contributed by atoms with E-state index in [1.165, 1.54) is 0 Å². The standard InChI is InChI=1S/C22H24N4O2/c1-24-18-7-3-2-6-17(18)23-20(24)9-10-26-15-16-5-4-8-19(21(16)22(26)27)25-11-13-28-14-12-25/h2-8H,9-15H2,1H3. The number of amides is 1. The van der Waals surface area contributed by atoms with Crippen LogP contribution in [0.2, 0.25) is 0 Å². The highest BCUT2D eigenvalue weighted by Gasteiger charge is 2.31. The summed E-state index contributed by atoms with van der Waals surface area (Å²) in [5.74, 6) is 1.15. The van der Waals surface area contributed by atoms with E-state index in [9.17, 15) is 4.79 Å². The highest BCUT2D eigenvalue weighted by Crippen LogP contribution is 2.32. The first-order chi connectivity index (χ1) is 13.7. The summed E-state index contributed by atoms with van der Waals surface area (Å²) in [6.07, 6.45) is 0.748. The van der Waals surface area contributed by atoms with E-state index in [1.807, 2.05) is 30.1 Å². The molecule has 2 aromatic carbocycles. The zero-order valence-electron chi connectivity index (χ0n) is 16.1. The Labute approximate surface area is 164 Å². The number of para-hydroxylation sites is 2. The van der Waals surface area contributed by atoms with Crippen molar-refractivity contribution < 1.29 is 9.53 Å². The predicted octanol–water partition coefficient (Wildman–Crippen LogP) is 2.61. The van der Waals surface area contributed by atoms with Crippen LogP contribution >= 0.6 is 0 Å². The van der Waals surface area contributed by atoms with Crippen molar-refractivity contribution in [3.63, 3.8) is 0 Å². The Balaban J connectivity index is 1.36. The van der Waals surface area contributed by atoms with E-state index in [0.717, 1.165) is 53.2 Å². The van der Waals surface area contributed by atoms with Crippen molar-refractivity contribution in [2.24, 2.45) is 7.05 Å². The van der Waals surface area contributed by atoms with E-state index in [-0.39, 0.29) is 5.91 Å². The summed E-state index contributed by atoms with van der Waals surface area (Å²) in [4.78, 5) is 22.1. The van der Waals surface area contributed by atoms with Gasteiger partial charge in [-0.2, -0.15) is 0 Å². The van der Waals surface area contributed by atoms with Crippen molar-refractivity contribution in [2.45, 2.75) is 13.0 Å². The largest absolute Gasteiger partial charge is 0.378 e. The molecule has 144 valence electrons. The maximum Gasteiger partial charge on any atom is 0.256 e. The van der Waals surface area contributed by atoms with Crippen LogP contribution in [0.1, 0.15) is 21.7 Å². The summed E-state index contributed by atoms with van der Waals surface area (Å²) >= 11 is 0. The molecule has 3 aromatic rings. The van der Waals surface area contributed by atoms with Crippen LogP contribution in [0.25, 0.3) is 11.0 Å². The molecule has 0 saturated carbocycles. The van der Waals surface area contributed by atoms with Gasteiger partial charge in [0.25, 0.3) is 5.91 Å². The SMILES string of the molecule is Cn1c(CCN2Cc3cccc(N4CCOCC4)c3C2=O)nc2ccccc21. The van der Waals surface area contributed by atoms with Gasteiger partial charge in [-0.25, -0.2) is 4.98 Å². The molecule has 1 amide bonds. The summed E-state index contributed by atoms with van der Waals surface area (Å²) < 4.78 is 7.59. The van der Waals surface area contributed by atoms with Crippen LogP contribution in [-0.4, -0.2) is 53.2 Å². The number of carbonyl (C=O) groups excluding carboxylic acids is 1. The Morgan fingerprint density at radius 1 is 1.07 bits per heavy atom. The number of benzene rings is 2. The Kier molecular flexibility index (Phi) is 4.28. The van der Waals surface area contributed by atoms with Crippen molar-refractivity contribution >= 4 is 22.6 Å². The second-order valence-electron chi connectivity index (χ2n) is 7.46. The van der Waals surface area contributed by atoms with Crippen LogP contribution in [0.5, 0.6) is 0 Å². The van der Waals surface area contributed by atoms with Crippen LogP contribution in [-0.2, 0) is 24.8 Å². The smallest absolute Gasteiger partial charge is 0.256 e. The third-order valence-corrected chi connectivity index (χ3v) is 5.83. The number of hydrogen-bond donors (Lipinski definition) is 0. The molecule has 28 heavy (non-hydrogen) atoms. The molecule has 0 N–H and O–H groups in total. The molecule has 0 aliphatic carbocycles. The minimum absolute atomic E-state index is 0.135. The first kappa shape index (κ1) is 17.3. The molecule has 0 atom stereocenters. The summed E-state index contributed by atoms with van der Waals surface area (Å²) in [6, 6.07) is 14.4. The number of aromatic nitrogens is 2. The molecule has 0 spiro atoms. The Morgan fingerprint density at radius 2 is 1.89 bits per heavy atom. The molecule has 0 radical (unpaired) electrons.